The van der Waals surface area contributed by atoms with Crippen LogP contribution in [0, 0.1) is 0 Å². The van der Waals surface area contributed by atoms with Gasteiger partial charge in [0.05, 0.1) is 129 Å². The van der Waals surface area contributed by atoms with E-state index in [4.69, 9.17) is 0 Å². The van der Waals surface area contributed by atoms with E-state index in [0.29, 0.717) is 0 Å². The van der Waals surface area contributed by atoms with Crippen molar-refractivity contribution in [1.82, 2.24) is 54.8 Å². The molecule has 0 saturated heterocycles. The summed E-state index contributed by atoms with van der Waals surface area (Å²) in [5, 5.41) is -17.8. The highest BCUT2D eigenvalue weighted by Gasteiger charge is 2.43. The zero-order valence-corrected chi connectivity index (χ0v) is 64.6. The lowest BCUT2D eigenvalue weighted by molar-refractivity contribution is 0.574. The summed E-state index contributed by atoms with van der Waals surface area (Å²) in [6.07, 6.45) is 0. The SMILES string of the molecule is CC(C)n1c(=O)c2cc3c(=O)n(-c4c(-n5c(=O)c6cc7c(=O)n(C(C)C)c(=O)c7cc6c5=O)c(-n5c(=O)c6cc7c(=O)n(C(C)C)c(=O)c7cc6c5=O)c(-n5c(=O)c6cc7c(=O)n(C(C)C)c(=O)c7cc6c5=O)c(-n5c(=O)c6cc7c(=O)n(C(C)C)c(=O)c7cc6c5=O)c4-n4c(=O)c5cc6c(=O)n(C(C)C)c(=O)c6cc5c4=O)c(=O)c3cc2c1=O. The van der Waals surface area contributed by atoms with Crippen LogP contribution in [0.2, 0.25) is 0 Å². The molecule has 36 heteroatoms. The summed E-state index contributed by atoms with van der Waals surface area (Å²) in [5.41, 5.74) is -45.0. The summed E-state index contributed by atoms with van der Waals surface area (Å²) in [5.74, 6) is 0. The first-order valence-corrected chi connectivity index (χ1v) is 37.5. The van der Waals surface area contributed by atoms with Crippen LogP contribution in [0.25, 0.3) is 163 Å². The first-order chi connectivity index (χ1) is 56.6. The summed E-state index contributed by atoms with van der Waals surface area (Å²) in [7, 11) is 0. The Morgan fingerprint density at radius 2 is 0.192 bits per heavy atom. The predicted molar refractivity (Wildman–Crippen MR) is 447 cm³/mol. The molecule has 0 saturated carbocycles. The van der Waals surface area contributed by atoms with Crippen LogP contribution in [0.4, 0.5) is 0 Å². The van der Waals surface area contributed by atoms with Gasteiger partial charge in [0, 0.05) is 36.3 Å². The van der Waals surface area contributed by atoms with E-state index in [1.54, 1.807) is 0 Å². The molecule has 0 aliphatic carbocycles. The molecule has 594 valence electrons. The summed E-state index contributed by atoms with van der Waals surface area (Å²) < 4.78 is 4.07. The van der Waals surface area contributed by atoms with Crippen LogP contribution >= 0.6 is 0 Å². The third kappa shape index (κ3) is 8.84. The normalized spacial score (nSPS) is 12.8. The van der Waals surface area contributed by atoms with E-state index in [1.807, 2.05) is 0 Å². The Morgan fingerprint density at radius 1 is 0.125 bits per heavy atom. The second kappa shape index (κ2) is 23.9. The first kappa shape index (κ1) is 74.3. The second-order valence-electron chi connectivity index (χ2n) is 31.9. The number of rotatable bonds is 12. The number of aromatic nitrogens is 12. The van der Waals surface area contributed by atoms with Gasteiger partial charge in [0.1, 0.15) is 34.1 Å². The molecule has 0 radical (unpaired) electrons. The van der Waals surface area contributed by atoms with E-state index < -0.39 is 333 Å². The maximum Gasteiger partial charge on any atom is 0.266 e. The molecule has 12 aromatic heterocycles. The Balaban J connectivity index is 1.18. The summed E-state index contributed by atoms with van der Waals surface area (Å²) in [6.45, 7) is 17.3. The zero-order valence-electron chi connectivity index (χ0n) is 64.6. The lowest BCUT2D eigenvalue weighted by Gasteiger charge is -2.26. The fourth-order valence-corrected chi connectivity index (χ4v) is 17.9. The van der Waals surface area contributed by atoms with Gasteiger partial charge in [-0.2, -0.15) is 0 Å². The van der Waals surface area contributed by atoms with Gasteiger partial charge in [0.2, 0.25) is 0 Å². The number of hydrogen-bond donors (Lipinski definition) is 0. The van der Waals surface area contributed by atoms with Gasteiger partial charge in [0.15, 0.2) is 0 Å². The quantitative estimate of drug-likeness (QED) is 0.160. The molecule has 0 spiro atoms. The Kier molecular flexibility index (Phi) is 14.8. The van der Waals surface area contributed by atoms with Crippen LogP contribution in [-0.2, 0) is 0 Å². The molecule has 0 bridgehead atoms. The number of nitrogens with zero attached hydrogens (tertiary/aromatic N) is 12. The summed E-state index contributed by atoms with van der Waals surface area (Å²) in [4.78, 5) is 376. The highest BCUT2D eigenvalue weighted by molar-refractivity contribution is 6.06. The monoisotopic (exact) mass is 1610 g/mol. The molecule has 0 atom stereocenters. The third-order valence-corrected chi connectivity index (χ3v) is 23.3. The minimum atomic E-state index is -1.81. The maximum absolute atomic E-state index is 16.8. The highest BCUT2D eigenvalue weighted by Crippen LogP contribution is 2.42. The van der Waals surface area contributed by atoms with Crippen LogP contribution in [0.15, 0.2) is 188 Å². The predicted octanol–water partition coefficient (Wildman–Crippen LogP) is 0.462. The third-order valence-electron chi connectivity index (χ3n) is 23.3. The molecule has 36 nitrogen and oxygen atoms in total. The van der Waals surface area contributed by atoms with Crippen LogP contribution in [0.3, 0.4) is 0 Å². The van der Waals surface area contributed by atoms with Crippen molar-refractivity contribution in [2.24, 2.45) is 0 Å². The van der Waals surface area contributed by atoms with E-state index in [1.165, 1.54) is 83.1 Å². The van der Waals surface area contributed by atoms with E-state index in [2.05, 4.69) is 0 Å². The largest absolute Gasteiger partial charge is 0.272 e. The van der Waals surface area contributed by atoms with Gasteiger partial charge in [0.25, 0.3) is 133 Å². The highest BCUT2D eigenvalue weighted by atomic mass is 16.2. The second-order valence-corrected chi connectivity index (χ2v) is 31.9. The number of hydrogen-bond acceptors (Lipinski definition) is 24. The first-order valence-electron chi connectivity index (χ1n) is 37.5. The number of fused-ring (bicyclic) bond motifs is 12. The van der Waals surface area contributed by atoms with Gasteiger partial charge < -0.3 is 0 Å². The van der Waals surface area contributed by atoms with Gasteiger partial charge in [-0.1, -0.05) is 0 Å². The van der Waals surface area contributed by atoms with Crippen LogP contribution in [0.5, 0.6) is 0 Å². The minimum Gasteiger partial charge on any atom is -0.272 e. The molecule has 0 aliphatic rings. The van der Waals surface area contributed by atoms with Gasteiger partial charge in [-0.05, 0) is 156 Å². The summed E-state index contributed by atoms with van der Waals surface area (Å²) in [6, 6.07) is 3.60. The average molecular weight is 1620 g/mol. The van der Waals surface area contributed by atoms with Crippen molar-refractivity contribution in [2.75, 3.05) is 0 Å². The van der Waals surface area contributed by atoms with Crippen LogP contribution < -0.4 is 133 Å². The smallest absolute Gasteiger partial charge is 0.266 e. The average Bonchev–Trinajstić information content (AvgIpc) is 1.47. The molecule has 0 unspecified atom stereocenters. The van der Waals surface area contributed by atoms with Crippen LogP contribution in [0.1, 0.15) is 119 Å². The van der Waals surface area contributed by atoms with Gasteiger partial charge in [-0.3, -0.25) is 142 Å². The van der Waals surface area contributed by atoms with Crippen molar-refractivity contribution in [1.29, 1.82) is 0 Å². The zero-order chi connectivity index (χ0) is 86.1. The van der Waals surface area contributed by atoms with E-state index in [-0.39, 0.29) is 27.4 Å². The number of benzene rings is 7. The van der Waals surface area contributed by atoms with E-state index in [9.17, 15) is 57.5 Å². The van der Waals surface area contributed by atoms with Crippen molar-refractivity contribution in [2.45, 2.75) is 119 Å². The molecular weight excluding hydrogens is 1560 g/mol. The van der Waals surface area contributed by atoms with Crippen molar-refractivity contribution in [3.63, 3.8) is 0 Å². The Morgan fingerprint density at radius 3 is 0.258 bits per heavy atom. The Labute approximate surface area is 655 Å². The molecule has 7 aromatic carbocycles. The molecule has 0 aliphatic heterocycles. The fraction of sp³-hybridized carbons (Fsp3) is 0.214. The molecule has 19 rings (SSSR count). The molecule has 120 heavy (non-hydrogen) atoms. The Hall–Kier alpha value is -15.8. The van der Waals surface area contributed by atoms with E-state index in [0.717, 1.165) is 100 Å². The van der Waals surface area contributed by atoms with Gasteiger partial charge in [-0.15, -0.1) is 0 Å². The molecule has 0 fully saturated rings. The van der Waals surface area contributed by atoms with Crippen molar-refractivity contribution < 1.29 is 0 Å². The molecule has 0 N–H and O–H groups in total. The maximum atomic E-state index is 16.8. The van der Waals surface area contributed by atoms with Crippen molar-refractivity contribution in [3.05, 3.63) is 321 Å². The minimum absolute atomic E-state index is 0.0790. The molecular formula is C84H54N12O24. The molecule has 19 aromatic rings. The topological polar surface area (TPSA) is 469 Å². The molecule has 0 amide bonds. The van der Waals surface area contributed by atoms with Crippen LogP contribution in [-0.4, -0.2) is 54.8 Å². The Bertz CT molecular complexity index is 7820. The lowest BCUT2D eigenvalue weighted by atomic mass is 10.1. The molecule has 12 heterocycles. The standard InChI is InChI=1S/C84H54N12O24/c1-25(2)85-61(97)31-13-43-44(14-32(31)62(85)98)74(110)91(73(43)109)55-56(92-75(111)45-15-33-34(16-46(45)76(92)112)64(100)86(26(3)4)63(33)99)58(94-79(115)49-19-37-38(20-50(49)80(94)116)68(104)88(28(7)8)67(37)103)60(96-83(119)53-23-41-42(24-54(53)84(96)120)72(108)90(30(11)12)71(41)107)59(95-81(117)51-21-39-40(22-52(51)82(95)118)70(106)89(29(9)10)69(39)105)57(55)93-77(113)47-17-35-36(18-48(47)78(93)114)66(102)87(27(5)6)65(35)101/h13-30H,1-12H3. The summed E-state index contributed by atoms with van der Waals surface area (Å²) >= 11 is 0. The van der Waals surface area contributed by atoms with Gasteiger partial charge >= 0.3 is 0 Å². The van der Waals surface area contributed by atoms with Crippen molar-refractivity contribution in [3.8, 4) is 34.1 Å². The fourth-order valence-electron chi connectivity index (χ4n) is 17.9. The van der Waals surface area contributed by atoms with Crippen molar-refractivity contribution >= 4 is 129 Å². The lowest BCUT2D eigenvalue weighted by Crippen LogP contribution is -2.40. The van der Waals surface area contributed by atoms with E-state index >= 15 is 57.5 Å². The van der Waals surface area contributed by atoms with Gasteiger partial charge in [-0.25, -0.2) is 27.4 Å².